The molecule has 0 unspecified atom stereocenters. The van der Waals surface area contributed by atoms with Gasteiger partial charge in [-0.25, -0.2) is 4.98 Å². The van der Waals surface area contributed by atoms with Gasteiger partial charge >= 0.3 is 0 Å². The third-order valence-corrected chi connectivity index (χ3v) is 7.66. The number of thioether (sulfide) groups is 1. The van der Waals surface area contributed by atoms with Gasteiger partial charge in [0.2, 0.25) is 5.91 Å². The minimum Gasteiger partial charge on any atom is -0.365 e. The fraction of sp³-hybridized carbons (Fsp3) is 0.167. The first-order valence-electron chi connectivity index (χ1n) is 10.5. The molecule has 1 aliphatic rings. The molecule has 0 bridgehead atoms. The van der Waals surface area contributed by atoms with Crippen LogP contribution in [-0.2, 0) is 17.6 Å². The number of aromatic nitrogens is 2. The number of amides is 2. The van der Waals surface area contributed by atoms with E-state index in [4.69, 9.17) is 5.73 Å². The van der Waals surface area contributed by atoms with Gasteiger partial charge in [-0.1, -0.05) is 42.1 Å². The van der Waals surface area contributed by atoms with Gasteiger partial charge in [-0.3, -0.25) is 19.0 Å². The fourth-order valence-electron chi connectivity index (χ4n) is 4.06. The molecule has 166 valence electrons. The first kappa shape index (κ1) is 21.4. The SMILES string of the molecule is NC(=O)c1c(NC(=O)CSc2nc3ccccc3c(=O)n2-c2ccccc2)sc2c1CCC2. The van der Waals surface area contributed by atoms with Crippen LogP contribution in [0.4, 0.5) is 5.00 Å². The van der Waals surface area contributed by atoms with Crippen molar-refractivity contribution >= 4 is 50.8 Å². The second-order valence-corrected chi connectivity index (χ2v) is 9.70. The van der Waals surface area contributed by atoms with Crippen molar-refractivity contribution < 1.29 is 9.59 Å². The number of para-hydroxylation sites is 2. The first-order valence-corrected chi connectivity index (χ1v) is 12.3. The zero-order valence-electron chi connectivity index (χ0n) is 17.5. The Balaban J connectivity index is 1.44. The summed E-state index contributed by atoms with van der Waals surface area (Å²) in [4.78, 5) is 43.8. The lowest BCUT2D eigenvalue weighted by atomic mass is 10.1. The van der Waals surface area contributed by atoms with Gasteiger partial charge in [0, 0.05) is 4.88 Å². The molecule has 0 saturated carbocycles. The second kappa shape index (κ2) is 8.84. The third kappa shape index (κ3) is 4.05. The highest BCUT2D eigenvalue weighted by Gasteiger charge is 2.26. The molecular weight excluding hydrogens is 456 g/mol. The molecular formula is C24H20N4O3S2. The lowest BCUT2D eigenvalue weighted by molar-refractivity contribution is -0.113. The quantitative estimate of drug-likeness (QED) is 0.325. The molecule has 33 heavy (non-hydrogen) atoms. The number of benzene rings is 2. The number of fused-ring (bicyclic) bond motifs is 2. The van der Waals surface area contributed by atoms with Crippen LogP contribution in [0.25, 0.3) is 16.6 Å². The Morgan fingerprint density at radius 2 is 1.85 bits per heavy atom. The Morgan fingerprint density at radius 3 is 2.64 bits per heavy atom. The third-order valence-electron chi connectivity index (χ3n) is 5.51. The lowest BCUT2D eigenvalue weighted by Crippen LogP contribution is -2.23. The number of carbonyl (C=O) groups is 2. The maximum absolute atomic E-state index is 13.2. The monoisotopic (exact) mass is 476 g/mol. The number of nitrogens with one attached hydrogen (secondary N) is 1. The Kier molecular flexibility index (Phi) is 5.74. The maximum Gasteiger partial charge on any atom is 0.266 e. The van der Waals surface area contributed by atoms with Gasteiger partial charge < -0.3 is 11.1 Å². The van der Waals surface area contributed by atoms with Gasteiger partial charge in [-0.15, -0.1) is 11.3 Å². The number of nitrogens with two attached hydrogens (primary N) is 1. The standard InChI is InChI=1S/C24H20N4O3S2/c25-21(30)20-16-10-6-12-18(16)33-22(20)27-19(29)13-32-24-26-17-11-5-4-9-15(17)23(31)28(24)14-7-2-1-3-8-14/h1-5,7-9,11H,6,10,12-13H2,(H2,25,30)(H,27,29). The van der Waals surface area contributed by atoms with E-state index in [2.05, 4.69) is 10.3 Å². The van der Waals surface area contributed by atoms with Crippen molar-refractivity contribution in [3.05, 3.63) is 81.0 Å². The molecule has 9 heteroatoms. The van der Waals surface area contributed by atoms with Crippen LogP contribution in [0.3, 0.4) is 0 Å². The van der Waals surface area contributed by atoms with Gasteiger partial charge in [-0.2, -0.15) is 0 Å². The molecule has 3 N–H and O–H groups in total. The van der Waals surface area contributed by atoms with Crippen LogP contribution >= 0.6 is 23.1 Å². The van der Waals surface area contributed by atoms with Crippen LogP contribution in [-0.4, -0.2) is 27.1 Å². The van der Waals surface area contributed by atoms with Crippen molar-refractivity contribution in [3.63, 3.8) is 0 Å². The number of nitrogens with zero attached hydrogens (tertiary/aromatic N) is 2. The smallest absolute Gasteiger partial charge is 0.266 e. The molecule has 2 amide bonds. The number of primary amides is 1. The molecule has 0 spiro atoms. The molecule has 0 atom stereocenters. The van der Waals surface area contributed by atoms with Crippen LogP contribution in [0, 0.1) is 0 Å². The molecule has 0 saturated heterocycles. The number of thiophene rings is 1. The molecule has 7 nitrogen and oxygen atoms in total. The second-order valence-electron chi connectivity index (χ2n) is 7.65. The van der Waals surface area contributed by atoms with Crippen molar-refractivity contribution in [1.29, 1.82) is 0 Å². The summed E-state index contributed by atoms with van der Waals surface area (Å²) in [5.41, 5.74) is 8.03. The molecule has 2 heterocycles. The van der Waals surface area contributed by atoms with Crippen LogP contribution < -0.4 is 16.6 Å². The van der Waals surface area contributed by atoms with Crippen molar-refractivity contribution in [2.75, 3.05) is 11.1 Å². The van der Waals surface area contributed by atoms with Crippen LogP contribution in [0.15, 0.2) is 64.5 Å². The molecule has 2 aromatic heterocycles. The summed E-state index contributed by atoms with van der Waals surface area (Å²) in [7, 11) is 0. The van der Waals surface area contributed by atoms with Gasteiger partial charge in [0.1, 0.15) is 5.00 Å². The van der Waals surface area contributed by atoms with Crippen LogP contribution in [0.5, 0.6) is 0 Å². The predicted molar refractivity (Wildman–Crippen MR) is 132 cm³/mol. The van der Waals surface area contributed by atoms with E-state index in [-0.39, 0.29) is 17.2 Å². The molecule has 5 rings (SSSR count). The summed E-state index contributed by atoms with van der Waals surface area (Å²) in [5.74, 6) is -0.783. The summed E-state index contributed by atoms with van der Waals surface area (Å²) in [5, 5.41) is 4.28. The van der Waals surface area contributed by atoms with Crippen molar-refractivity contribution in [1.82, 2.24) is 9.55 Å². The molecule has 1 aliphatic carbocycles. The summed E-state index contributed by atoms with van der Waals surface area (Å²) < 4.78 is 1.52. The van der Waals surface area contributed by atoms with Gasteiger partial charge in [0.05, 0.1) is 27.9 Å². The minimum atomic E-state index is -0.522. The van der Waals surface area contributed by atoms with Gasteiger partial charge in [0.15, 0.2) is 5.16 Å². The van der Waals surface area contributed by atoms with Crippen LogP contribution in [0.2, 0.25) is 0 Å². The number of carbonyl (C=O) groups excluding carboxylic acids is 2. The van der Waals surface area contributed by atoms with E-state index in [1.807, 2.05) is 36.4 Å². The highest BCUT2D eigenvalue weighted by molar-refractivity contribution is 7.99. The number of rotatable bonds is 6. The lowest BCUT2D eigenvalue weighted by Gasteiger charge is -2.13. The summed E-state index contributed by atoms with van der Waals surface area (Å²) in [6.45, 7) is 0. The predicted octanol–water partition coefficient (Wildman–Crippen LogP) is 3.77. The maximum atomic E-state index is 13.2. The number of anilines is 1. The molecule has 2 aromatic carbocycles. The van der Waals surface area contributed by atoms with Crippen LogP contribution in [0.1, 0.15) is 27.2 Å². The Hall–Kier alpha value is -3.43. The van der Waals surface area contributed by atoms with Crippen molar-refractivity contribution in [3.8, 4) is 5.69 Å². The highest BCUT2D eigenvalue weighted by Crippen LogP contribution is 2.39. The van der Waals surface area contributed by atoms with Gasteiger partial charge in [0.25, 0.3) is 11.5 Å². The highest BCUT2D eigenvalue weighted by atomic mass is 32.2. The average molecular weight is 477 g/mol. The zero-order valence-corrected chi connectivity index (χ0v) is 19.2. The first-order chi connectivity index (χ1) is 16.0. The van der Waals surface area contributed by atoms with E-state index in [0.29, 0.717) is 32.3 Å². The molecule has 4 aromatic rings. The number of hydrogen-bond donors (Lipinski definition) is 2. The Morgan fingerprint density at radius 1 is 1.09 bits per heavy atom. The largest absolute Gasteiger partial charge is 0.365 e. The number of aryl methyl sites for hydroxylation is 1. The van der Waals surface area contributed by atoms with Gasteiger partial charge in [-0.05, 0) is 49.1 Å². The molecule has 0 fully saturated rings. The van der Waals surface area contributed by atoms with E-state index < -0.39 is 5.91 Å². The van der Waals surface area contributed by atoms with E-state index in [9.17, 15) is 14.4 Å². The van der Waals surface area contributed by atoms with E-state index >= 15 is 0 Å². The average Bonchev–Trinajstić information content (AvgIpc) is 3.39. The summed E-state index contributed by atoms with van der Waals surface area (Å²) in [6.07, 6.45) is 2.70. The van der Waals surface area contributed by atoms with Crippen molar-refractivity contribution in [2.24, 2.45) is 5.73 Å². The van der Waals surface area contributed by atoms with E-state index in [0.717, 1.165) is 29.7 Å². The van der Waals surface area contributed by atoms with E-state index in [1.165, 1.54) is 27.7 Å². The van der Waals surface area contributed by atoms with E-state index in [1.54, 1.807) is 18.2 Å². The Labute approximate surface area is 197 Å². The minimum absolute atomic E-state index is 0.0262. The van der Waals surface area contributed by atoms with Crippen molar-refractivity contribution in [2.45, 2.75) is 24.4 Å². The fourth-order valence-corrected chi connectivity index (χ4v) is 6.18. The Bertz CT molecular complexity index is 1440. The molecule has 0 radical (unpaired) electrons. The molecule has 0 aliphatic heterocycles. The summed E-state index contributed by atoms with van der Waals surface area (Å²) >= 11 is 2.59. The number of hydrogen-bond acceptors (Lipinski definition) is 6. The summed E-state index contributed by atoms with van der Waals surface area (Å²) in [6, 6.07) is 16.4. The normalized spacial score (nSPS) is 12.6. The zero-order chi connectivity index (χ0) is 22.9. The topological polar surface area (TPSA) is 107 Å².